The molecule has 0 radical (unpaired) electrons. The van der Waals surface area contributed by atoms with E-state index in [1.807, 2.05) is 24.3 Å². The van der Waals surface area contributed by atoms with Crippen LogP contribution in [0.15, 0.2) is 59.7 Å². The van der Waals surface area contributed by atoms with Gasteiger partial charge in [-0.3, -0.25) is 0 Å². The third-order valence-corrected chi connectivity index (χ3v) is 7.15. The molecule has 184 valence electrons. The van der Waals surface area contributed by atoms with Crippen LogP contribution in [0.1, 0.15) is 49.5 Å². The second kappa shape index (κ2) is 12.6. The van der Waals surface area contributed by atoms with Gasteiger partial charge in [0.1, 0.15) is 0 Å². The summed E-state index contributed by atoms with van der Waals surface area (Å²) in [5.74, 6) is 1.84. The predicted octanol–water partition coefficient (Wildman–Crippen LogP) is 6.41. The maximum atomic E-state index is 12.5. The molecular formula is C27H32FN5OS. The van der Waals surface area contributed by atoms with Crippen LogP contribution in [0.2, 0.25) is 0 Å². The van der Waals surface area contributed by atoms with E-state index >= 15 is 0 Å². The van der Waals surface area contributed by atoms with Crippen LogP contribution in [0.4, 0.5) is 10.3 Å². The van der Waals surface area contributed by atoms with Crippen molar-refractivity contribution in [1.82, 2.24) is 15.6 Å². The first-order valence-corrected chi connectivity index (χ1v) is 13.0. The Labute approximate surface area is 210 Å². The maximum Gasteiger partial charge on any atom is 0.162 e. The van der Waals surface area contributed by atoms with E-state index in [-0.39, 0.29) is 0 Å². The lowest BCUT2D eigenvalue weighted by atomic mass is 10.0. The number of anilines is 1. The minimum Gasteiger partial charge on any atom is -0.378 e. The van der Waals surface area contributed by atoms with Crippen molar-refractivity contribution >= 4 is 33.6 Å². The molecular weight excluding hydrogens is 461 g/mol. The summed E-state index contributed by atoms with van der Waals surface area (Å²) in [5.41, 5.74) is 3.82. The molecule has 1 aliphatic rings. The molecule has 1 aromatic carbocycles. The first kappa shape index (κ1) is 25.0. The van der Waals surface area contributed by atoms with Crippen LogP contribution < -0.4 is 10.5 Å². The van der Waals surface area contributed by atoms with Crippen molar-refractivity contribution in [2.75, 3.05) is 31.2 Å². The number of halogens is 1. The number of aromatic nitrogens is 2. The number of nitrogens with one attached hydrogen (secondary N) is 1. The van der Waals surface area contributed by atoms with Gasteiger partial charge in [0.05, 0.1) is 29.6 Å². The lowest BCUT2D eigenvalue weighted by molar-refractivity contribution is 0.122. The summed E-state index contributed by atoms with van der Waals surface area (Å²) < 4.78 is 19.2. The third kappa shape index (κ3) is 6.13. The van der Waals surface area contributed by atoms with Crippen molar-refractivity contribution in [2.24, 2.45) is 5.10 Å². The lowest BCUT2D eigenvalue weighted by Gasteiger charge is -2.28. The van der Waals surface area contributed by atoms with E-state index < -0.39 is 0 Å². The minimum atomic E-state index is 0.299. The molecule has 0 bridgehead atoms. The SMILES string of the molecule is CCC=CC(C/C=C\CC)c1cc2nc(-c3ccccc3/C=N\NF)nc(N3CCOCC3)c2s1. The number of rotatable bonds is 10. The summed E-state index contributed by atoms with van der Waals surface area (Å²) in [4.78, 5) is 13.6. The fourth-order valence-corrected chi connectivity index (χ4v) is 5.34. The van der Waals surface area contributed by atoms with E-state index in [2.05, 4.69) is 54.2 Å². The monoisotopic (exact) mass is 493 g/mol. The van der Waals surface area contributed by atoms with Crippen molar-refractivity contribution in [3.8, 4) is 11.4 Å². The van der Waals surface area contributed by atoms with E-state index in [0.29, 0.717) is 25.0 Å². The Balaban J connectivity index is 1.84. The van der Waals surface area contributed by atoms with Crippen LogP contribution in [0.25, 0.3) is 21.6 Å². The number of hydrazone groups is 1. The topological polar surface area (TPSA) is 62.6 Å². The fraction of sp³-hybridized carbons (Fsp3) is 0.370. The van der Waals surface area contributed by atoms with Crippen LogP contribution in [0, 0.1) is 0 Å². The van der Waals surface area contributed by atoms with E-state index in [0.717, 1.165) is 59.5 Å². The van der Waals surface area contributed by atoms with E-state index in [1.165, 1.54) is 16.7 Å². The molecule has 35 heavy (non-hydrogen) atoms. The molecule has 1 saturated heterocycles. The number of allylic oxidation sites excluding steroid dienone is 4. The maximum absolute atomic E-state index is 12.5. The van der Waals surface area contributed by atoms with Crippen molar-refractivity contribution in [2.45, 2.75) is 39.0 Å². The molecule has 1 fully saturated rings. The molecule has 0 aliphatic carbocycles. The first-order valence-electron chi connectivity index (χ1n) is 12.2. The van der Waals surface area contributed by atoms with E-state index in [4.69, 9.17) is 14.7 Å². The predicted molar refractivity (Wildman–Crippen MR) is 144 cm³/mol. The van der Waals surface area contributed by atoms with Gasteiger partial charge in [0.2, 0.25) is 0 Å². The number of benzene rings is 1. The number of hydrogen-bond donors (Lipinski definition) is 1. The molecule has 4 rings (SSSR count). The van der Waals surface area contributed by atoms with Gasteiger partial charge in [0.15, 0.2) is 11.6 Å². The molecule has 1 atom stereocenters. The Morgan fingerprint density at radius 2 is 1.94 bits per heavy atom. The average Bonchev–Trinajstić information content (AvgIpc) is 3.33. The number of hydrogen-bond acceptors (Lipinski definition) is 7. The van der Waals surface area contributed by atoms with Crippen molar-refractivity contribution in [1.29, 1.82) is 0 Å². The highest BCUT2D eigenvalue weighted by Gasteiger charge is 2.22. The number of fused-ring (bicyclic) bond motifs is 1. The average molecular weight is 494 g/mol. The summed E-state index contributed by atoms with van der Waals surface area (Å²) >= 11 is 1.78. The molecule has 8 heteroatoms. The van der Waals surface area contributed by atoms with Crippen LogP contribution in [0.3, 0.4) is 0 Å². The van der Waals surface area contributed by atoms with Gasteiger partial charge in [0.25, 0.3) is 0 Å². The Bertz CT molecular complexity index is 1200. The van der Waals surface area contributed by atoms with Gasteiger partial charge in [-0.25, -0.2) is 9.97 Å². The minimum absolute atomic E-state index is 0.299. The molecule has 1 N–H and O–H groups in total. The molecule has 1 unspecified atom stereocenters. The van der Waals surface area contributed by atoms with Gasteiger partial charge in [-0.2, -0.15) is 5.10 Å². The molecule has 3 heterocycles. The summed E-state index contributed by atoms with van der Waals surface area (Å²) in [7, 11) is 0. The molecule has 3 aromatic rings. The first-order chi connectivity index (χ1) is 17.2. The van der Waals surface area contributed by atoms with Crippen molar-refractivity contribution in [3.05, 3.63) is 65.1 Å². The molecule has 1 aliphatic heterocycles. The molecule has 2 aromatic heterocycles. The van der Waals surface area contributed by atoms with Gasteiger partial charge < -0.3 is 9.64 Å². The standard InChI is InChI=1S/C27H32FN5OS/c1-3-5-7-11-20(10-6-4-2)24-18-23-25(35-24)27(33-14-16-34-17-15-33)31-26(30-23)22-13-9-8-12-21(22)19-29-32-28/h5-10,12-13,18-20,32H,3-4,11,14-17H2,1-2H3/b7-5-,10-6?,29-19-. The number of thiophene rings is 1. The molecule has 0 spiro atoms. The molecule has 6 nitrogen and oxygen atoms in total. The van der Waals surface area contributed by atoms with Gasteiger partial charge >= 0.3 is 0 Å². The number of ether oxygens (including phenoxy) is 1. The smallest absolute Gasteiger partial charge is 0.162 e. The van der Waals surface area contributed by atoms with E-state index in [9.17, 15) is 4.48 Å². The number of nitrogens with zero attached hydrogens (tertiary/aromatic N) is 4. The Morgan fingerprint density at radius 3 is 2.71 bits per heavy atom. The third-order valence-electron chi connectivity index (χ3n) is 5.90. The lowest BCUT2D eigenvalue weighted by Crippen LogP contribution is -2.36. The zero-order chi connectivity index (χ0) is 24.5. The summed E-state index contributed by atoms with van der Waals surface area (Å²) in [6.45, 7) is 7.24. The summed E-state index contributed by atoms with van der Waals surface area (Å²) in [6, 6.07) is 9.85. The highest BCUT2D eigenvalue weighted by Crippen LogP contribution is 2.39. The normalized spacial score (nSPS) is 15.7. The Morgan fingerprint density at radius 1 is 1.14 bits per heavy atom. The van der Waals surface area contributed by atoms with Gasteiger partial charge in [-0.1, -0.05) is 66.9 Å². The molecule has 0 amide bonds. The van der Waals surface area contributed by atoms with Gasteiger partial charge in [0, 0.05) is 35.0 Å². The van der Waals surface area contributed by atoms with Crippen molar-refractivity contribution in [3.63, 3.8) is 0 Å². The summed E-state index contributed by atoms with van der Waals surface area (Å²) in [6.07, 6.45) is 13.5. The van der Waals surface area contributed by atoms with Gasteiger partial charge in [-0.05, 0) is 25.3 Å². The largest absolute Gasteiger partial charge is 0.378 e. The highest BCUT2D eigenvalue weighted by molar-refractivity contribution is 7.19. The molecule has 0 saturated carbocycles. The zero-order valence-electron chi connectivity index (χ0n) is 20.3. The quantitative estimate of drug-likeness (QED) is 0.153. The van der Waals surface area contributed by atoms with Crippen LogP contribution in [0.5, 0.6) is 0 Å². The van der Waals surface area contributed by atoms with Crippen LogP contribution in [-0.2, 0) is 4.74 Å². The highest BCUT2D eigenvalue weighted by atomic mass is 32.1. The van der Waals surface area contributed by atoms with Crippen LogP contribution >= 0.6 is 11.3 Å². The van der Waals surface area contributed by atoms with E-state index in [1.54, 1.807) is 11.3 Å². The summed E-state index contributed by atoms with van der Waals surface area (Å²) in [5, 5.41) is 3.56. The zero-order valence-corrected chi connectivity index (χ0v) is 21.1. The second-order valence-electron chi connectivity index (χ2n) is 8.32. The Hall–Kier alpha value is -3.10. The fourth-order valence-electron chi connectivity index (χ4n) is 4.13. The van der Waals surface area contributed by atoms with Gasteiger partial charge in [-0.15, -0.1) is 17.0 Å². The number of morpholine rings is 1. The second-order valence-corrected chi connectivity index (χ2v) is 9.41. The van der Waals surface area contributed by atoms with Crippen molar-refractivity contribution < 1.29 is 9.22 Å². The Kier molecular flexibility index (Phi) is 8.97. The van der Waals surface area contributed by atoms with Crippen LogP contribution in [-0.4, -0.2) is 42.5 Å².